The molecule has 2 aromatic carbocycles. The van der Waals surface area contributed by atoms with Gasteiger partial charge in [0.2, 0.25) is 5.82 Å². The lowest BCUT2D eigenvalue weighted by Gasteiger charge is -2.23. The quantitative estimate of drug-likeness (QED) is 0.564. The lowest BCUT2D eigenvalue weighted by molar-refractivity contribution is -0.139. The minimum Gasteiger partial charge on any atom is -0.465 e. The molecular weight excluding hydrogens is 410 g/mol. The standard InChI is InChI=1S/C24H19N3O5/c1-30-23(28)19-13-6-7-14-27(20(19)24(29)31-2)18-12-8-11-17(15-18)22-25-21(26-32-22)16-9-4-3-5-10-16/h3-15H,1-2H3. The summed E-state index contributed by atoms with van der Waals surface area (Å²) in [6, 6.07) is 16.6. The van der Waals surface area contributed by atoms with Gasteiger partial charge in [0.1, 0.15) is 5.70 Å². The van der Waals surface area contributed by atoms with Crippen molar-refractivity contribution in [2.45, 2.75) is 0 Å². The highest BCUT2D eigenvalue weighted by molar-refractivity contribution is 6.05. The molecule has 4 rings (SSSR count). The van der Waals surface area contributed by atoms with Gasteiger partial charge in [0.25, 0.3) is 5.89 Å². The van der Waals surface area contributed by atoms with Crippen molar-refractivity contribution in [3.8, 4) is 22.8 Å². The van der Waals surface area contributed by atoms with Gasteiger partial charge < -0.3 is 18.9 Å². The number of aromatic nitrogens is 2. The Hall–Kier alpha value is -4.46. The zero-order valence-corrected chi connectivity index (χ0v) is 17.4. The van der Waals surface area contributed by atoms with Crippen LogP contribution in [0.1, 0.15) is 0 Å². The first kappa shape index (κ1) is 20.8. The average Bonchev–Trinajstić information content (AvgIpc) is 3.24. The third-order valence-electron chi connectivity index (χ3n) is 4.72. The van der Waals surface area contributed by atoms with E-state index in [2.05, 4.69) is 10.1 Å². The molecule has 0 spiro atoms. The Morgan fingerprint density at radius 3 is 2.41 bits per heavy atom. The summed E-state index contributed by atoms with van der Waals surface area (Å²) in [4.78, 5) is 31.0. The van der Waals surface area contributed by atoms with Gasteiger partial charge in [-0.05, 0) is 30.4 Å². The SMILES string of the molecule is COC(=O)C1=C(C(=O)OC)N(c2cccc(-c3nc(-c4ccccc4)no3)c2)C=CC=C1. The van der Waals surface area contributed by atoms with E-state index in [0.29, 0.717) is 23.0 Å². The van der Waals surface area contributed by atoms with Crippen LogP contribution in [0, 0.1) is 0 Å². The second kappa shape index (κ2) is 9.13. The predicted octanol–water partition coefficient (Wildman–Crippen LogP) is 3.89. The number of esters is 2. The Morgan fingerprint density at radius 2 is 1.66 bits per heavy atom. The van der Waals surface area contributed by atoms with Crippen LogP contribution < -0.4 is 4.90 Å². The summed E-state index contributed by atoms with van der Waals surface area (Å²) < 4.78 is 15.2. The van der Waals surface area contributed by atoms with E-state index < -0.39 is 11.9 Å². The van der Waals surface area contributed by atoms with Crippen LogP contribution in [0.4, 0.5) is 5.69 Å². The number of carbonyl (C=O) groups excluding carboxylic acids is 2. The van der Waals surface area contributed by atoms with Gasteiger partial charge in [-0.15, -0.1) is 0 Å². The molecule has 2 heterocycles. The number of allylic oxidation sites excluding steroid dienone is 2. The first-order valence-electron chi connectivity index (χ1n) is 9.67. The minimum atomic E-state index is -0.684. The summed E-state index contributed by atoms with van der Waals surface area (Å²) in [6.45, 7) is 0. The highest BCUT2D eigenvalue weighted by atomic mass is 16.5. The molecule has 1 aliphatic heterocycles. The van der Waals surface area contributed by atoms with Crippen LogP contribution in [0.3, 0.4) is 0 Å². The lowest BCUT2D eigenvalue weighted by atomic mass is 10.1. The first-order chi connectivity index (χ1) is 15.6. The van der Waals surface area contributed by atoms with Gasteiger partial charge in [-0.1, -0.05) is 47.6 Å². The number of rotatable bonds is 5. The van der Waals surface area contributed by atoms with Gasteiger partial charge in [0.15, 0.2) is 0 Å². The number of nitrogens with zero attached hydrogens (tertiary/aromatic N) is 3. The zero-order chi connectivity index (χ0) is 22.5. The highest BCUT2D eigenvalue weighted by Crippen LogP contribution is 2.30. The van der Waals surface area contributed by atoms with Crippen molar-refractivity contribution in [1.82, 2.24) is 10.1 Å². The van der Waals surface area contributed by atoms with E-state index in [9.17, 15) is 9.59 Å². The topological polar surface area (TPSA) is 94.8 Å². The zero-order valence-electron chi connectivity index (χ0n) is 17.4. The Balaban J connectivity index is 1.76. The number of methoxy groups -OCH3 is 2. The lowest BCUT2D eigenvalue weighted by Crippen LogP contribution is -2.26. The second-order valence-electron chi connectivity index (χ2n) is 6.66. The third kappa shape index (κ3) is 4.06. The van der Waals surface area contributed by atoms with E-state index in [4.69, 9.17) is 14.0 Å². The molecule has 0 amide bonds. The van der Waals surface area contributed by atoms with E-state index in [1.165, 1.54) is 20.3 Å². The van der Waals surface area contributed by atoms with Crippen LogP contribution >= 0.6 is 0 Å². The van der Waals surface area contributed by atoms with Gasteiger partial charge in [-0.25, -0.2) is 9.59 Å². The molecule has 0 atom stereocenters. The Kier molecular flexibility index (Phi) is 5.94. The molecule has 0 unspecified atom stereocenters. The molecule has 160 valence electrons. The van der Waals surface area contributed by atoms with Gasteiger partial charge in [-0.2, -0.15) is 4.98 Å². The summed E-state index contributed by atoms with van der Waals surface area (Å²) in [5.41, 5.74) is 2.16. The molecule has 1 aliphatic rings. The van der Waals surface area contributed by atoms with Crippen LogP contribution in [0.15, 0.2) is 94.8 Å². The fourth-order valence-corrected chi connectivity index (χ4v) is 3.20. The molecule has 1 aromatic heterocycles. The summed E-state index contributed by atoms with van der Waals surface area (Å²) in [7, 11) is 2.50. The maximum atomic E-state index is 12.6. The molecule has 0 N–H and O–H groups in total. The van der Waals surface area contributed by atoms with Crippen molar-refractivity contribution in [3.63, 3.8) is 0 Å². The maximum Gasteiger partial charge on any atom is 0.355 e. The van der Waals surface area contributed by atoms with Gasteiger partial charge >= 0.3 is 11.9 Å². The van der Waals surface area contributed by atoms with Crippen molar-refractivity contribution in [2.75, 3.05) is 19.1 Å². The molecule has 0 saturated carbocycles. The Labute approximate surface area is 184 Å². The van der Waals surface area contributed by atoms with Crippen molar-refractivity contribution in [3.05, 3.63) is 90.3 Å². The molecule has 0 saturated heterocycles. The monoisotopic (exact) mass is 429 g/mol. The molecule has 0 radical (unpaired) electrons. The largest absolute Gasteiger partial charge is 0.465 e. The number of carbonyl (C=O) groups is 2. The third-order valence-corrected chi connectivity index (χ3v) is 4.72. The van der Waals surface area contributed by atoms with E-state index in [1.54, 1.807) is 41.5 Å². The predicted molar refractivity (Wildman–Crippen MR) is 117 cm³/mol. The van der Waals surface area contributed by atoms with Crippen LogP contribution in [-0.2, 0) is 19.1 Å². The molecule has 32 heavy (non-hydrogen) atoms. The van der Waals surface area contributed by atoms with E-state index in [-0.39, 0.29) is 11.3 Å². The summed E-state index contributed by atoms with van der Waals surface area (Å²) >= 11 is 0. The van der Waals surface area contributed by atoms with Crippen LogP contribution in [0.5, 0.6) is 0 Å². The molecule has 3 aromatic rings. The molecule has 8 heteroatoms. The van der Waals surface area contributed by atoms with Crippen LogP contribution in [0.25, 0.3) is 22.8 Å². The first-order valence-corrected chi connectivity index (χ1v) is 9.67. The van der Waals surface area contributed by atoms with E-state index >= 15 is 0 Å². The highest BCUT2D eigenvalue weighted by Gasteiger charge is 2.27. The number of ether oxygens (including phenoxy) is 2. The van der Waals surface area contributed by atoms with Crippen molar-refractivity contribution >= 4 is 17.6 Å². The van der Waals surface area contributed by atoms with Crippen molar-refractivity contribution < 1.29 is 23.6 Å². The number of hydrogen-bond acceptors (Lipinski definition) is 8. The molecule has 8 nitrogen and oxygen atoms in total. The van der Waals surface area contributed by atoms with Gasteiger partial charge in [0.05, 0.1) is 19.8 Å². The molecular formula is C24H19N3O5. The van der Waals surface area contributed by atoms with Crippen molar-refractivity contribution in [2.24, 2.45) is 0 Å². The fraction of sp³-hybridized carbons (Fsp3) is 0.0833. The van der Waals surface area contributed by atoms with E-state index in [0.717, 1.165) is 5.56 Å². The van der Waals surface area contributed by atoms with E-state index in [1.807, 2.05) is 36.4 Å². The summed E-state index contributed by atoms with van der Waals surface area (Å²) in [5.74, 6) is -0.556. The van der Waals surface area contributed by atoms with Gasteiger partial charge in [0, 0.05) is 23.0 Å². The van der Waals surface area contributed by atoms with Crippen molar-refractivity contribution in [1.29, 1.82) is 0 Å². The summed E-state index contributed by atoms with van der Waals surface area (Å²) in [5, 5.41) is 4.05. The Bertz CT molecular complexity index is 1240. The summed E-state index contributed by atoms with van der Waals surface area (Å²) in [6.07, 6.45) is 6.50. The van der Waals surface area contributed by atoms with Gasteiger partial charge in [-0.3, -0.25) is 0 Å². The van der Waals surface area contributed by atoms with Crippen LogP contribution in [-0.4, -0.2) is 36.3 Å². The molecule has 0 fully saturated rings. The maximum absolute atomic E-state index is 12.6. The second-order valence-corrected chi connectivity index (χ2v) is 6.66. The van der Waals surface area contributed by atoms with Crippen LogP contribution in [0.2, 0.25) is 0 Å². The fourth-order valence-electron chi connectivity index (χ4n) is 3.20. The Morgan fingerprint density at radius 1 is 0.906 bits per heavy atom. The normalized spacial score (nSPS) is 13.1. The number of anilines is 1. The number of hydrogen-bond donors (Lipinski definition) is 0. The number of benzene rings is 2. The minimum absolute atomic E-state index is 0.0250. The molecule has 0 bridgehead atoms. The smallest absolute Gasteiger partial charge is 0.355 e. The average molecular weight is 429 g/mol. The molecule has 0 aliphatic carbocycles.